The highest BCUT2D eigenvalue weighted by Gasteiger charge is 2.27. The molecule has 0 fully saturated rings. The van der Waals surface area contributed by atoms with E-state index in [1.807, 2.05) is 46.8 Å². The Balaban J connectivity index is 1.97. The zero-order chi connectivity index (χ0) is 23.9. The number of hydrogen-bond donors (Lipinski definition) is 1. The third-order valence-electron chi connectivity index (χ3n) is 5.20. The van der Waals surface area contributed by atoms with Gasteiger partial charge in [-0.1, -0.05) is 18.6 Å². The molecular weight excluding hydrogens is 412 g/mol. The molecule has 1 N–H and O–H groups in total. The van der Waals surface area contributed by atoms with Crippen molar-refractivity contribution < 1.29 is 33.7 Å². The number of esters is 1. The summed E-state index contributed by atoms with van der Waals surface area (Å²) in [7, 11) is 0. The third kappa shape index (κ3) is 6.57. The van der Waals surface area contributed by atoms with Crippen molar-refractivity contribution in [2.75, 3.05) is 13.2 Å². The van der Waals surface area contributed by atoms with Crippen molar-refractivity contribution in [3.05, 3.63) is 58.7 Å². The van der Waals surface area contributed by atoms with Gasteiger partial charge in [-0.05, 0) is 70.0 Å². The molecule has 0 atom stereocenters. The van der Waals surface area contributed by atoms with E-state index in [0.717, 1.165) is 16.7 Å². The van der Waals surface area contributed by atoms with E-state index in [4.69, 9.17) is 19.3 Å². The summed E-state index contributed by atoms with van der Waals surface area (Å²) in [6.45, 7) is 10.2. The number of carbonyl (C=O) groups excluding carboxylic acids is 2. The van der Waals surface area contributed by atoms with Crippen LogP contribution in [0.3, 0.4) is 0 Å². The first-order valence-corrected chi connectivity index (χ1v) is 10.5. The van der Waals surface area contributed by atoms with Crippen LogP contribution in [-0.2, 0) is 20.9 Å². The van der Waals surface area contributed by atoms with Gasteiger partial charge in [-0.2, -0.15) is 0 Å². The highest BCUT2D eigenvalue weighted by atomic mass is 16.5. The molecule has 0 saturated heterocycles. The predicted octanol–water partition coefficient (Wildman–Crippen LogP) is 4.51. The summed E-state index contributed by atoms with van der Waals surface area (Å²) in [5.41, 5.74) is 2.31. The van der Waals surface area contributed by atoms with Crippen LogP contribution >= 0.6 is 0 Å². The molecular formula is C25H30O7. The van der Waals surface area contributed by atoms with Gasteiger partial charge in [-0.25, -0.2) is 4.79 Å². The highest BCUT2D eigenvalue weighted by molar-refractivity contribution is 6.39. The molecule has 2 rings (SSSR count). The number of carbonyl (C=O) groups is 3. The van der Waals surface area contributed by atoms with E-state index in [1.165, 1.54) is 24.3 Å². The number of hydrogen-bond acceptors (Lipinski definition) is 6. The minimum Gasteiger partial charge on any atom is -0.490 e. The Kier molecular flexibility index (Phi) is 8.41. The van der Waals surface area contributed by atoms with Gasteiger partial charge in [-0.15, -0.1) is 0 Å². The number of carboxylic acid groups (broad SMARTS) is 1. The Morgan fingerprint density at radius 3 is 2.19 bits per heavy atom. The molecule has 0 bridgehead atoms. The normalized spacial score (nSPS) is 11.0. The number of carboxylic acids is 1. The Bertz CT molecular complexity index is 975. The molecule has 0 aliphatic heterocycles. The monoisotopic (exact) mass is 442 g/mol. The third-order valence-corrected chi connectivity index (χ3v) is 5.20. The summed E-state index contributed by atoms with van der Waals surface area (Å²) in [6.07, 6.45) is 0.685. The Morgan fingerprint density at radius 2 is 1.59 bits per heavy atom. The molecule has 0 unspecified atom stereocenters. The second-order valence-electron chi connectivity index (χ2n) is 8.24. The van der Waals surface area contributed by atoms with Crippen LogP contribution in [0.1, 0.15) is 54.2 Å². The topological polar surface area (TPSA) is 99.1 Å². The molecule has 0 spiro atoms. The van der Waals surface area contributed by atoms with Crippen LogP contribution in [0, 0.1) is 19.3 Å². The number of aliphatic carboxylic acids is 1. The number of ether oxygens (including phenoxy) is 3. The van der Waals surface area contributed by atoms with Gasteiger partial charge < -0.3 is 19.3 Å². The van der Waals surface area contributed by atoms with Crippen LogP contribution < -0.4 is 9.47 Å². The lowest BCUT2D eigenvalue weighted by molar-refractivity contribution is -0.155. The van der Waals surface area contributed by atoms with Gasteiger partial charge in [0.1, 0.15) is 31.3 Å². The van der Waals surface area contributed by atoms with Crippen molar-refractivity contribution in [1.82, 2.24) is 0 Å². The number of ketones is 1. The molecule has 0 aromatic heterocycles. The largest absolute Gasteiger partial charge is 0.490 e. The Morgan fingerprint density at radius 1 is 0.969 bits per heavy atom. The molecule has 2 aromatic rings. The van der Waals surface area contributed by atoms with Crippen LogP contribution in [0.25, 0.3) is 0 Å². The minimum absolute atomic E-state index is 0.0850. The van der Waals surface area contributed by atoms with Gasteiger partial charge in [0.15, 0.2) is 0 Å². The van der Waals surface area contributed by atoms with Crippen LogP contribution in [0.2, 0.25) is 0 Å². The predicted molar refractivity (Wildman–Crippen MR) is 119 cm³/mol. The van der Waals surface area contributed by atoms with E-state index in [9.17, 15) is 14.4 Å². The smallest absolute Gasteiger partial charge is 0.377 e. The van der Waals surface area contributed by atoms with Crippen molar-refractivity contribution >= 4 is 17.7 Å². The second-order valence-corrected chi connectivity index (χ2v) is 8.24. The second kappa shape index (κ2) is 10.8. The van der Waals surface area contributed by atoms with Gasteiger partial charge in [-0.3, -0.25) is 9.59 Å². The van der Waals surface area contributed by atoms with Crippen LogP contribution in [0.4, 0.5) is 0 Å². The van der Waals surface area contributed by atoms with Gasteiger partial charge in [0, 0.05) is 11.1 Å². The number of Topliss-reactive ketones (excluding diaryl/α,β-unsaturated/α-hetero) is 1. The maximum atomic E-state index is 12.3. The average molecular weight is 443 g/mol. The van der Waals surface area contributed by atoms with E-state index in [1.54, 1.807) is 0 Å². The molecule has 0 radical (unpaired) electrons. The summed E-state index contributed by atoms with van der Waals surface area (Å²) < 4.78 is 17.1. The fraction of sp³-hybridized carbons (Fsp3) is 0.400. The quantitative estimate of drug-likeness (QED) is 0.237. The summed E-state index contributed by atoms with van der Waals surface area (Å²) in [4.78, 5) is 34.5. The van der Waals surface area contributed by atoms with Crippen molar-refractivity contribution in [2.45, 2.75) is 47.6 Å². The average Bonchev–Trinajstić information content (AvgIpc) is 2.75. The molecule has 32 heavy (non-hydrogen) atoms. The number of benzene rings is 2. The number of aryl methyl sites for hydroxylation is 2. The Hall–Kier alpha value is -3.35. The molecule has 0 aliphatic rings. The summed E-state index contributed by atoms with van der Waals surface area (Å²) in [6, 6.07) is 9.81. The minimum atomic E-state index is -1.50. The number of rotatable bonds is 11. The summed E-state index contributed by atoms with van der Waals surface area (Å²) in [5, 5.41) is 8.74. The standard InChI is InChI=1S/C25H30O7/c1-6-25(4,5)24(29)32-15-19-14-16(2)13-17(3)22(19)31-12-11-30-20-9-7-18(8-10-20)21(26)23(27)28/h7-10,13-14H,6,11-12,15H2,1-5H3,(H,27,28). The van der Waals surface area contributed by atoms with E-state index in [-0.39, 0.29) is 31.4 Å². The van der Waals surface area contributed by atoms with E-state index >= 15 is 0 Å². The first-order chi connectivity index (χ1) is 15.0. The van der Waals surface area contributed by atoms with Crippen LogP contribution in [-0.4, -0.2) is 36.0 Å². The molecule has 172 valence electrons. The molecule has 0 heterocycles. The van der Waals surface area contributed by atoms with Gasteiger partial charge in [0.05, 0.1) is 5.41 Å². The fourth-order valence-corrected chi connectivity index (χ4v) is 2.97. The lowest BCUT2D eigenvalue weighted by Crippen LogP contribution is -2.25. The molecule has 7 heteroatoms. The summed E-state index contributed by atoms with van der Waals surface area (Å²) in [5.74, 6) is -1.57. The van der Waals surface area contributed by atoms with Gasteiger partial charge in [0.2, 0.25) is 0 Å². The van der Waals surface area contributed by atoms with Crippen molar-refractivity contribution in [3.8, 4) is 11.5 Å². The van der Waals surface area contributed by atoms with Crippen molar-refractivity contribution in [2.24, 2.45) is 5.41 Å². The molecule has 0 saturated carbocycles. The first kappa shape index (κ1) is 24.9. The Labute approximate surface area is 188 Å². The SMILES string of the molecule is CCC(C)(C)C(=O)OCc1cc(C)cc(C)c1OCCOc1ccc(C(=O)C(=O)O)cc1. The lowest BCUT2D eigenvalue weighted by atomic mass is 9.91. The summed E-state index contributed by atoms with van der Waals surface area (Å²) >= 11 is 0. The first-order valence-electron chi connectivity index (χ1n) is 10.5. The highest BCUT2D eigenvalue weighted by Crippen LogP contribution is 2.28. The maximum absolute atomic E-state index is 12.3. The fourth-order valence-electron chi connectivity index (χ4n) is 2.97. The van der Waals surface area contributed by atoms with Crippen LogP contribution in [0.15, 0.2) is 36.4 Å². The van der Waals surface area contributed by atoms with E-state index in [2.05, 4.69) is 0 Å². The van der Waals surface area contributed by atoms with Crippen LogP contribution in [0.5, 0.6) is 11.5 Å². The lowest BCUT2D eigenvalue weighted by Gasteiger charge is -2.21. The van der Waals surface area contributed by atoms with E-state index in [0.29, 0.717) is 17.9 Å². The zero-order valence-corrected chi connectivity index (χ0v) is 19.2. The van der Waals surface area contributed by atoms with Crippen molar-refractivity contribution in [3.63, 3.8) is 0 Å². The molecule has 0 aliphatic carbocycles. The molecule has 0 amide bonds. The zero-order valence-electron chi connectivity index (χ0n) is 19.2. The van der Waals surface area contributed by atoms with Gasteiger partial charge >= 0.3 is 11.9 Å². The van der Waals surface area contributed by atoms with Crippen molar-refractivity contribution in [1.29, 1.82) is 0 Å². The molecule has 7 nitrogen and oxygen atoms in total. The van der Waals surface area contributed by atoms with E-state index < -0.39 is 17.2 Å². The van der Waals surface area contributed by atoms with Gasteiger partial charge in [0.25, 0.3) is 5.78 Å². The molecule has 2 aromatic carbocycles. The maximum Gasteiger partial charge on any atom is 0.377 e.